The Balaban J connectivity index is 2.25. The zero-order chi connectivity index (χ0) is 14.5. The number of rotatable bonds is 5. The Hall–Kier alpha value is -0.650. The third kappa shape index (κ3) is 5.89. The molecule has 1 rings (SSSR count). The minimum atomic E-state index is -0.143. The van der Waals surface area contributed by atoms with Crippen LogP contribution in [0.1, 0.15) is 27.7 Å². The van der Waals surface area contributed by atoms with Gasteiger partial charge in [-0.15, -0.1) is 0 Å². The summed E-state index contributed by atoms with van der Waals surface area (Å²) in [6, 6.07) is 0.216. The molecule has 1 aliphatic heterocycles. The van der Waals surface area contributed by atoms with Crippen LogP contribution in [0.5, 0.6) is 0 Å². The van der Waals surface area contributed by atoms with E-state index in [2.05, 4.69) is 44.5 Å². The molecule has 1 atom stereocenters. The molecule has 0 amide bonds. The predicted molar refractivity (Wildman–Crippen MR) is 75.2 cm³/mol. The van der Waals surface area contributed by atoms with Crippen molar-refractivity contribution in [3.8, 4) is 0 Å². The van der Waals surface area contributed by atoms with Gasteiger partial charge < -0.3 is 9.47 Å². The summed E-state index contributed by atoms with van der Waals surface area (Å²) in [5.74, 6) is -0.143. The third-order valence-electron chi connectivity index (χ3n) is 3.66. The number of carbonyl (C=O) groups excluding carboxylic acids is 1. The highest BCUT2D eigenvalue weighted by molar-refractivity contribution is 5.71. The van der Waals surface area contributed by atoms with E-state index in [9.17, 15) is 4.79 Å². The Labute approximate surface area is 116 Å². The van der Waals surface area contributed by atoms with Gasteiger partial charge in [-0.2, -0.15) is 0 Å². The fourth-order valence-corrected chi connectivity index (χ4v) is 1.97. The highest BCUT2D eigenvalue weighted by Crippen LogP contribution is 2.14. The van der Waals surface area contributed by atoms with Crippen LogP contribution in [0.4, 0.5) is 0 Å². The maximum Gasteiger partial charge on any atom is 0.320 e. The van der Waals surface area contributed by atoms with Crippen LogP contribution in [0, 0.1) is 0 Å². The molecule has 0 unspecified atom stereocenters. The quantitative estimate of drug-likeness (QED) is 0.698. The summed E-state index contributed by atoms with van der Waals surface area (Å²) in [7, 11) is 2.06. The fourth-order valence-electron chi connectivity index (χ4n) is 1.97. The second kappa shape index (κ2) is 7.22. The average Bonchev–Trinajstić information content (AvgIpc) is 2.35. The summed E-state index contributed by atoms with van der Waals surface area (Å²) in [5, 5.41) is 0. The first-order valence-electron chi connectivity index (χ1n) is 6.99. The zero-order valence-corrected chi connectivity index (χ0v) is 12.9. The predicted octanol–water partition coefficient (Wildman–Crippen LogP) is 0.981. The first kappa shape index (κ1) is 16.4. The number of esters is 1. The van der Waals surface area contributed by atoms with Gasteiger partial charge in [0.2, 0.25) is 0 Å². The number of morpholine rings is 1. The molecule has 1 fully saturated rings. The van der Waals surface area contributed by atoms with Gasteiger partial charge in [-0.3, -0.25) is 14.6 Å². The summed E-state index contributed by atoms with van der Waals surface area (Å²) in [5.41, 5.74) is 0.0794. The van der Waals surface area contributed by atoms with E-state index in [0.29, 0.717) is 26.4 Å². The maximum atomic E-state index is 11.8. The fraction of sp³-hybridized carbons (Fsp3) is 0.929. The van der Waals surface area contributed by atoms with Crippen molar-refractivity contribution in [2.75, 3.05) is 46.5 Å². The topological polar surface area (TPSA) is 42.0 Å². The van der Waals surface area contributed by atoms with Crippen LogP contribution in [0.3, 0.4) is 0 Å². The molecule has 1 saturated heterocycles. The van der Waals surface area contributed by atoms with Gasteiger partial charge in [0.15, 0.2) is 0 Å². The van der Waals surface area contributed by atoms with Crippen LogP contribution >= 0.6 is 0 Å². The first-order chi connectivity index (χ1) is 8.80. The number of nitrogens with zero attached hydrogens (tertiary/aromatic N) is 2. The molecule has 0 aromatic carbocycles. The van der Waals surface area contributed by atoms with E-state index in [1.807, 2.05) is 0 Å². The van der Waals surface area contributed by atoms with Crippen molar-refractivity contribution in [3.05, 3.63) is 0 Å². The summed E-state index contributed by atoms with van der Waals surface area (Å²) >= 11 is 0. The molecule has 5 heteroatoms. The van der Waals surface area contributed by atoms with Crippen LogP contribution in [-0.2, 0) is 14.3 Å². The van der Waals surface area contributed by atoms with Gasteiger partial charge >= 0.3 is 5.97 Å². The van der Waals surface area contributed by atoms with Crippen molar-refractivity contribution < 1.29 is 14.3 Å². The molecule has 1 aliphatic rings. The molecule has 0 N–H and O–H groups in total. The molecular weight excluding hydrogens is 244 g/mol. The summed E-state index contributed by atoms with van der Waals surface area (Å²) < 4.78 is 10.6. The molecule has 0 bridgehead atoms. The Bertz CT molecular complexity index is 283. The minimum absolute atomic E-state index is 0.0794. The number of hydrogen-bond donors (Lipinski definition) is 0. The van der Waals surface area contributed by atoms with Crippen molar-refractivity contribution in [1.29, 1.82) is 0 Å². The second-order valence-corrected chi connectivity index (χ2v) is 6.20. The van der Waals surface area contributed by atoms with E-state index in [4.69, 9.17) is 9.47 Å². The van der Waals surface area contributed by atoms with Crippen LogP contribution in [0.25, 0.3) is 0 Å². The van der Waals surface area contributed by atoms with Gasteiger partial charge in [-0.1, -0.05) is 0 Å². The zero-order valence-electron chi connectivity index (χ0n) is 12.9. The monoisotopic (exact) mass is 272 g/mol. The summed E-state index contributed by atoms with van der Waals surface area (Å²) in [6.45, 7) is 12.4. The molecule has 0 saturated carbocycles. The Kier molecular flexibility index (Phi) is 6.23. The molecule has 0 aromatic rings. The number of carbonyl (C=O) groups is 1. The van der Waals surface area contributed by atoms with Gasteiger partial charge in [0.25, 0.3) is 0 Å². The largest absolute Gasteiger partial charge is 0.463 e. The van der Waals surface area contributed by atoms with Crippen LogP contribution < -0.4 is 0 Å². The highest BCUT2D eigenvalue weighted by atomic mass is 16.5. The SMILES string of the molecule is C[C@@H](COC(=O)CN1CCOCC1)N(C)C(C)(C)C. The number of ether oxygens (including phenoxy) is 2. The van der Waals surface area contributed by atoms with E-state index in [-0.39, 0.29) is 17.6 Å². The molecule has 0 aromatic heterocycles. The first-order valence-corrected chi connectivity index (χ1v) is 6.99. The normalized spacial score (nSPS) is 19.5. The third-order valence-corrected chi connectivity index (χ3v) is 3.66. The average molecular weight is 272 g/mol. The van der Waals surface area contributed by atoms with Crippen molar-refractivity contribution in [2.24, 2.45) is 0 Å². The van der Waals surface area contributed by atoms with E-state index in [1.54, 1.807) is 0 Å². The Morgan fingerprint density at radius 2 is 1.95 bits per heavy atom. The lowest BCUT2D eigenvalue weighted by Crippen LogP contribution is -2.46. The molecule has 0 spiro atoms. The molecule has 0 aliphatic carbocycles. The van der Waals surface area contributed by atoms with Crippen LogP contribution in [0.15, 0.2) is 0 Å². The molecule has 0 radical (unpaired) electrons. The van der Waals surface area contributed by atoms with Gasteiger partial charge in [-0.05, 0) is 34.7 Å². The lowest BCUT2D eigenvalue weighted by Gasteiger charge is -2.36. The van der Waals surface area contributed by atoms with E-state index < -0.39 is 0 Å². The Morgan fingerprint density at radius 1 is 1.37 bits per heavy atom. The highest BCUT2D eigenvalue weighted by Gasteiger charge is 2.23. The maximum absolute atomic E-state index is 11.8. The molecule has 112 valence electrons. The number of hydrogen-bond acceptors (Lipinski definition) is 5. The molecule has 1 heterocycles. The molecular formula is C14H28N2O3. The number of likely N-dealkylation sites (N-methyl/N-ethyl adjacent to an activating group) is 1. The second-order valence-electron chi connectivity index (χ2n) is 6.20. The lowest BCUT2D eigenvalue weighted by atomic mass is 10.1. The standard InChI is InChI=1S/C14H28N2O3/c1-12(15(5)14(2,3)4)11-19-13(17)10-16-6-8-18-9-7-16/h12H,6-11H2,1-5H3/t12-/m0/s1. The molecule has 5 nitrogen and oxygen atoms in total. The Morgan fingerprint density at radius 3 is 2.47 bits per heavy atom. The van der Waals surface area contributed by atoms with Gasteiger partial charge in [0, 0.05) is 24.7 Å². The summed E-state index contributed by atoms with van der Waals surface area (Å²) in [4.78, 5) is 16.1. The van der Waals surface area contributed by atoms with Gasteiger partial charge in [0.1, 0.15) is 6.61 Å². The van der Waals surface area contributed by atoms with E-state index in [0.717, 1.165) is 13.1 Å². The van der Waals surface area contributed by atoms with Crippen LogP contribution in [-0.4, -0.2) is 73.9 Å². The minimum Gasteiger partial charge on any atom is -0.463 e. The van der Waals surface area contributed by atoms with E-state index >= 15 is 0 Å². The lowest BCUT2D eigenvalue weighted by molar-refractivity contribution is -0.148. The van der Waals surface area contributed by atoms with Crippen molar-refractivity contribution in [3.63, 3.8) is 0 Å². The van der Waals surface area contributed by atoms with Crippen molar-refractivity contribution in [2.45, 2.75) is 39.3 Å². The van der Waals surface area contributed by atoms with Crippen LogP contribution in [0.2, 0.25) is 0 Å². The van der Waals surface area contributed by atoms with E-state index in [1.165, 1.54) is 0 Å². The van der Waals surface area contributed by atoms with Crippen molar-refractivity contribution >= 4 is 5.97 Å². The summed E-state index contributed by atoms with van der Waals surface area (Å²) in [6.07, 6.45) is 0. The smallest absolute Gasteiger partial charge is 0.320 e. The van der Waals surface area contributed by atoms with Crippen molar-refractivity contribution in [1.82, 2.24) is 9.80 Å². The van der Waals surface area contributed by atoms with Gasteiger partial charge in [-0.25, -0.2) is 0 Å². The molecule has 19 heavy (non-hydrogen) atoms. The van der Waals surface area contributed by atoms with Gasteiger partial charge in [0.05, 0.1) is 19.8 Å².